The fraction of sp³-hybridized carbons (Fsp3) is 0.875. The van der Waals surface area contributed by atoms with E-state index in [0.717, 1.165) is 30.6 Å². The summed E-state index contributed by atoms with van der Waals surface area (Å²) in [6.07, 6.45) is 4.82. The summed E-state index contributed by atoms with van der Waals surface area (Å²) < 4.78 is 33.7. The number of fused-ring (bicyclic) bond motifs is 2. The van der Waals surface area contributed by atoms with E-state index in [-0.39, 0.29) is 12.6 Å². The summed E-state index contributed by atoms with van der Waals surface area (Å²) in [7, 11) is -2.73. The number of amides is 3. The lowest BCUT2D eigenvalue weighted by Gasteiger charge is -2.36. The van der Waals surface area contributed by atoms with Crippen molar-refractivity contribution >= 4 is 22.3 Å². The molecule has 3 atom stereocenters. The Morgan fingerprint density at radius 1 is 1.21 bits per heavy atom. The fourth-order valence-corrected chi connectivity index (χ4v) is 4.20. The first-order valence-corrected chi connectivity index (χ1v) is 10.9. The Balaban J connectivity index is 1.93. The Labute approximate surface area is 165 Å². The summed E-state index contributed by atoms with van der Waals surface area (Å²) in [5, 5.41) is 0. The van der Waals surface area contributed by atoms with Gasteiger partial charge in [0.15, 0.2) is 0 Å². The number of rotatable bonds is 9. The molecule has 2 heterocycles. The van der Waals surface area contributed by atoms with Crippen LogP contribution in [-0.2, 0) is 24.3 Å². The Morgan fingerprint density at radius 3 is 2.32 bits per heavy atom. The number of hydrogen-bond acceptors (Lipinski definition) is 7. The summed E-state index contributed by atoms with van der Waals surface area (Å²) in [5.74, 6) is -0.489. The van der Waals surface area contributed by atoms with Gasteiger partial charge < -0.3 is 9.80 Å². The monoisotopic (exact) mass is 422 g/mol. The first kappa shape index (κ1) is 22.8. The van der Waals surface area contributed by atoms with Gasteiger partial charge >= 0.3 is 16.4 Å². The number of carbonyl (C=O) groups is 2. The minimum atomic E-state index is -4.84. The van der Waals surface area contributed by atoms with Crippen LogP contribution in [0.2, 0.25) is 0 Å². The Hall–Kier alpha value is -1.47. The topological polar surface area (TPSA) is 138 Å². The number of nitrogens with zero attached hydrogens (tertiary/aromatic N) is 2. The molecule has 2 aliphatic rings. The van der Waals surface area contributed by atoms with E-state index in [1.807, 2.05) is 6.92 Å². The van der Waals surface area contributed by atoms with Crippen molar-refractivity contribution in [1.29, 1.82) is 0 Å². The molecule has 2 fully saturated rings. The van der Waals surface area contributed by atoms with Crippen LogP contribution in [0.15, 0.2) is 0 Å². The van der Waals surface area contributed by atoms with Gasteiger partial charge in [-0.25, -0.2) is 10.3 Å². The summed E-state index contributed by atoms with van der Waals surface area (Å²) >= 11 is 0. The first-order valence-electron chi connectivity index (χ1n) is 9.56. The third-order valence-corrected chi connectivity index (χ3v) is 5.75. The van der Waals surface area contributed by atoms with Gasteiger partial charge in [-0.3, -0.25) is 14.2 Å². The highest BCUT2D eigenvalue weighted by Gasteiger charge is 2.39. The lowest BCUT2D eigenvalue weighted by Crippen LogP contribution is -2.54. The summed E-state index contributed by atoms with van der Waals surface area (Å²) in [6, 6.07) is -0.903. The molecular formula is C16H30N4O7S. The molecule has 2 saturated heterocycles. The molecule has 0 aromatic rings. The zero-order valence-corrected chi connectivity index (χ0v) is 17.3. The molecule has 0 radical (unpaired) electrons. The molecule has 0 spiro atoms. The van der Waals surface area contributed by atoms with Crippen LogP contribution in [0.5, 0.6) is 0 Å². The van der Waals surface area contributed by atoms with Crippen molar-refractivity contribution in [3.8, 4) is 0 Å². The Morgan fingerprint density at radius 2 is 1.82 bits per heavy atom. The maximum atomic E-state index is 12.6. The van der Waals surface area contributed by atoms with Crippen LogP contribution in [0.25, 0.3) is 0 Å². The molecule has 11 nitrogen and oxygen atoms in total. The summed E-state index contributed by atoms with van der Waals surface area (Å²) in [6.45, 7) is 3.62. The van der Waals surface area contributed by atoms with Gasteiger partial charge in [0.25, 0.3) is 5.91 Å². The molecule has 12 heteroatoms. The molecule has 3 amide bonds. The van der Waals surface area contributed by atoms with Crippen molar-refractivity contribution in [3.05, 3.63) is 0 Å². The van der Waals surface area contributed by atoms with Gasteiger partial charge in [0.05, 0.1) is 6.10 Å². The second-order valence-electron chi connectivity index (χ2n) is 7.24. The number of carbonyl (C=O) groups excluding carboxylic acids is 2. The van der Waals surface area contributed by atoms with Crippen molar-refractivity contribution in [2.75, 3.05) is 13.6 Å². The highest BCUT2D eigenvalue weighted by atomic mass is 32.3. The third-order valence-electron chi connectivity index (χ3n) is 5.46. The number of urea groups is 1. The van der Waals surface area contributed by atoms with Gasteiger partial charge in [-0.1, -0.05) is 13.3 Å². The minimum absolute atomic E-state index is 0.0771. The van der Waals surface area contributed by atoms with E-state index in [2.05, 4.69) is 21.7 Å². The number of hydroxylamine groups is 2. The SMILES string of the molecule is CCC[C@@H](C(=O)NOC1CC2CCC(C1)N2C)N(CC)C(=O)NOS(=O)(=O)O. The fourth-order valence-electron chi connectivity index (χ4n) is 4.02. The molecular weight excluding hydrogens is 392 g/mol. The van der Waals surface area contributed by atoms with Crippen molar-refractivity contribution in [1.82, 2.24) is 20.8 Å². The van der Waals surface area contributed by atoms with Crippen LogP contribution in [-0.4, -0.2) is 72.5 Å². The van der Waals surface area contributed by atoms with Crippen LogP contribution in [0.3, 0.4) is 0 Å². The largest absolute Gasteiger partial charge is 0.418 e. The van der Waals surface area contributed by atoms with Crippen molar-refractivity contribution in [2.24, 2.45) is 0 Å². The Bertz CT molecular complexity index is 645. The maximum Gasteiger partial charge on any atom is 0.418 e. The summed E-state index contributed by atoms with van der Waals surface area (Å²) in [4.78, 5) is 33.9. The van der Waals surface area contributed by atoms with Gasteiger partial charge in [0.2, 0.25) is 0 Å². The molecule has 2 bridgehead atoms. The summed E-state index contributed by atoms with van der Waals surface area (Å²) in [5.41, 5.74) is 4.10. The van der Waals surface area contributed by atoms with E-state index in [4.69, 9.17) is 9.39 Å². The van der Waals surface area contributed by atoms with Gasteiger partial charge in [0.1, 0.15) is 6.04 Å². The average molecular weight is 423 g/mol. The second-order valence-corrected chi connectivity index (χ2v) is 8.26. The Kier molecular flexibility index (Phi) is 8.01. The van der Waals surface area contributed by atoms with Crippen LogP contribution in [0.1, 0.15) is 52.4 Å². The molecule has 3 N–H and O–H groups in total. The average Bonchev–Trinajstić information content (AvgIpc) is 2.84. The number of nitrogens with one attached hydrogen (secondary N) is 2. The van der Waals surface area contributed by atoms with Gasteiger partial charge in [-0.2, -0.15) is 13.9 Å². The zero-order valence-electron chi connectivity index (χ0n) is 16.5. The number of likely N-dealkylation sites (N-methyl/N-ethyl adjacent to an activating group) is 1. The van der Waals surface area contributed by atoms with Crippen LogP contribution in [0, 0.1) is 0 Å². The predicted molar refractivity (Wildman–Crippen MR) is 99.1 cm³/mol. The van der Waals surface area contributed by atoms with Crippen molar-refractivity contribution < 1.29 is 31.7 Å². The number of piperidine rings is 1. The van der Waals surface area contributed by atoms with E-state index in [0.29, 0.717) is 24.9 Å². The van der Waals surface area contributed by atoms with Gasteiger partial charge in [-0.05, 0) is 46.1 Å². The highest BCUT2D eigenvalue weighted by molar-refractivity contribution is 7.80. The quantitative estimate of drug-likeness (QED) is 0.363. The molecule has 162 valence electrons. The van der Waals surface area contributed by atoms with E-state index in [1.54, 1.807) is 12.4 Å². The minimum Gasteiger partial charge on any atom is -0.311 e. The third kappa shape index (κ3) is 6.01. The van der Waals surface area contributed by atoms with Crippen LogP contribution >= 0.6 is 0 Å². The van der Waals surface area contributed by atoms with E-state index in [1.165, 1.54) is 0 Å². The lowest BCUT2D eigenvalue weighted by molar-refractivity contribution is -0.147. The molecule has 0 aliphatic carbocycles. The highest BCUT2D eigenvalue weighted by Crippen LogP contribution is 2.35. The lowest BCUT2D eigenvalue weighted by atomic mass is 10.0. The number of hydrogen-bond donors (Lipinski definition) is 3. The first-order chi connectivity index (χ1) is 13.2. The molecule has 2 rings (SSSR count). The van der Waals surface area contributed by atoms with E-state index < -0.39 is 28.4 Å². The van der Waals surface area contributed by atoms with Crippen molar-refractivity contribution in [2.45, 2.75) is 76.6 Å². The molecule has 2 aliphatic heterocycles. The molecule has 0 aromatic heterocycles. The van der Waals surface area contributed by atoms with Crippen molar-refractivity contribution in [3.63, 3.8) is 0 Å². The molecule has 2 unspecified atom stereocenters. The van der Waals surface area contributed by atoms with Crippen LogP contribution < -0.4 is 11.0 Å². The normalized spacial score (nSPS) is 25.9. The molecule has 0 saturated carbocycles. The molecule has 28 heavy (non-hydrogen) atoms. The van der Waals surface area contributed by atoms with E-state index in [9.17, 15) is 18.0 Å². The zero-order chi connectivity index (χ0) is 20.9. The smallest absolute Gasteiger partial charge is 0.311 e. The standard InChI is InChI=1S/C16H30N4O7S/c1-4-6-14(20(5-2)16(22)18-27-28(23,24)25)15(21)17-26-13-9-11-7-8-12(10-13)19(11)3/h11-14H,4-10H2,1-3H3,(H,17,21)(H,18,22)(H,23,24,25)/t11?,12?,13?,14-/m0/s1. The van der Waals surface area contributed by atoms with E-state index >= 15 is 0 Å². The van der Waals surface area contributed by atoms with Gasteiger partial charge in [-0.15, -0.1) is 4.28 Å². The molecule has 0 aromatic carbocycles. The second kappa shape index (κ2) is 9.83. The van der Waals surface area contributed by atoms with Crippen LogP contribution in [0.4, 0.5) is 4.79 Å². The van der Waals surface area contributed by atoms with Gasteiger partial charge in [0, 0.05) is 18.6 Å². The predicted octanol–water partition coefficient (Wildman–Crippen LogP) is 0.594. The maximum absolute atomic E-state index is 12.6.